The Morgan fingerprint density at radius 1 is 1.20 bits per heavy atom. The normalized spacial score (nSPS) is 17.8. The Labute approximate surface area is 146 Å². The second-order valence-corrected chi connectivity index (χ2v) is 5.90. The number of carbonyl (C=O) groups excluding carboxylic acids is 1. The monoisotopic (exact) mass is 352 g/mol. The summed E-state index contributed by atoms with van der Waals surface area (Å²) in [6.45, 7) is 2.50. The van der Waals surface area contributed by atoms with Crippen LogP contribution in [0.4, 0.5) is 4.79 Å². The Morgan fingerprint density at radius 2 is 1.80 bits per heavy atom. The smallest absolute Gasteiger partial charge is 0.317 e. The number of hydrogen-bond acceptors (Lipinski definition) is 5. The summed E-state index contributed by atoms with van der Waals surface area (Å²) in [5.41, 5.74) is 0.789. The van der Waals surface area contributed by atoms with Crippen molar-refractivity contribution in [1.29, 1.82) is 0 Å². The molecule has 2 amide bonds. The number of nitrogens with zero attached hydrogens (tertiary/aromatic N) is 1. The molecule has 0 aromatic heterocycles. The maximum atomic E-state index is 12.4. The molecule has 1 fully saturated rings. The molecule has 0 radical (unpaired) electrons. The Hall–Kier alpha value is -2.64. The van der Waals surface area contributed by atoms with Crippen LogP contribution in [0.2, 0.25) is 0 Å². The average molecular weight is 352 g/mol. The van der Waals surface area contributed by atoms with Crippen molar-refractivity contribution in [3.63, 3.8) is 0 Å². The maximum absolute atomic E-state index is 12.4. The third-order valence-corrected chi connectivity index (χ3v) is 4.35. The van der Waals surface area contributed by atoms with Crippen molar-refractivity contribution in [3.8, 4) is 17.2 Å². The maximum Gasteiger partial charge on any atom is 0.317 e. The average Bonchev–Trinajstić information content (AvgIpc) is 3.10. The SMILES string of the molecule is COc1cc(C(C)NC(=O)N2CCC(C(=O)O)C2)cc(OC)c1OC. The molecule has 1 aliphatic rings. The topological polar surface area (TPSA) is 97.3 Å². The van der Waals surface area contributed by atoms with Gasteiger partial charge in [-0.05, 0) is 31.0 Å². The third kappa shape index (κ3) is 4.07. The lowest BCUT2D eigenvalue weighted by atomic mass is 10.1. The minimum atomic E-state index is -0.868. The lowest BCUT2D eigenvalue weighted by Gasteiger charge is -2.22. The van der Waals surface area contributed by atoms with Crippen LogP contribution in [0, 0.1) is 5.92 Å². The van der Waals surface area contributed by atoms with Crippen LogP contribution in [0.15, 0.2) is 12.1 Å². The van der Waals surface area contributed by atoms with Crippen LogP contribution in [0.5, 0.6) is 17.2 Å². The first-order chi connectivity index (χ1) is 11.9. The van der Waals surface area contributed by atoms with E-state index in [1.54, 1.807) is 12.1 Å². The van der Waals surface area contributed by atoms with Crippen LogP contribution < -0.4 is 19.5 Å². The largest absolute Gasteiger partial charge is 0.493 e. The summed E-state index contributed by atoms with van der Waals surface area (Å²) in [6.07, 6.45) is 0.474. The highest BCUT2D eigenvalue weighted by atomic mass is 16.5. The van der Waals surface area contributed by atoms with Gasteiger partial charge in [0.25, 0.3) is 0 Å². The van der Waals surface area contributed by atoms with E-state index >= 15 is 0 Å². The summed E-state index contributed by atoms with van der Waals surface area (Å²) in [4.78, 5) is 24.9. The number of rotatable bonds is 6. The first-order valence-electron chi connectivity index (χ1n) is 7.99. The number of aliphatic carboxylic acids is 1. The van der Waals surface area contributed by atoms with Gasteiger partial charge < -0.3 is 29.5 Å². The van der Waals surface area contributed by atoms with E-state index in [0.29, 0.717) is 30.2 Å². The molecule has 1 aliphatic heterocycles. The van der Waals surface area contributed by atoms with Crippen molar-refractivity contribution >= 4 is 12.0 Å². The predicted octanol–water partition coefficient (Wildman–Crippen LogP) is 1.89. The van der Waals surface area contributed by atoms with Gasteiger partial charge in [-0.25, -0.2) is 4.79 Å². The number of urea groups is 1. The van der Waals surface area contributed by atoms with Crippen molar-refractivity contribution in [2.45, 2.75) is 19.4 Å². The minimum absolute atomic E-state index is 0.225. The summed E-state index contributed by atoms with van der Waals surface area (Å²) in [6, 6.07) is 2.95. The second-order valence-electron chi connectivity index (χ2n) is 5.90. The van der Waals surface area contributed by atoms with Crippen LogP contribution in [-0.4, -0.2) is 56.4 Å². The fourth-order valence-electron chi connectivity index (χ4n) is 2.86. The van der Waals surface area contributed by atoms with Crippen LogP contribution in [0.1, 0.15) is 24.9 Å². The summed E-state index contributed by atoms with van der Waals surface area (Å²) in [5.74, 6) is 0.126. The molecule has 1 aromatic carbocycles. The van der Waals surface area contributed by atoms with Crippen molar-refractivity contribution < 1.29 is 28.9 Å². The lowest BCUT2D eigenvalue weighted by Crippen LogP contribution is -2.40. The molecule has 0 saturated carbocycles. The van der Waals surface area contributed by atoms with Crippen LogP contribution >= 0.6 is 0 Å². The molecule has 1 aromatic rings. The van der Waals surface area contributed by atoms with Gasteiger partial charge >= 0.3 is 12.0 Å². The van der Waals surface area contributed by atoms with Crippen LogP contribution in [-0.2, 0) is 4.79 Å². The number of nitrogens with one attached hydrogen (secondary N) is 1. The molecule has 1 heterocycles. The zero-order valence-electron chi connectivity index (χ0n) is 14.9. The van der Waals surface area contributed by atoms with Gasteiger partial charge in [-0.3, -0.25) is 4.79 Å². The van der Waals surface area contributed by atoms with E-state index in [0.717, 1.165) is 5.56 Å². The highest BCUT2D eigenvalue weighted by Gasteiger charge is 2.31. The van der Waals surface area contributed by atoms with E-state index in [1.807, 2.05) is 6.92 Å². The minimum Gasteiger partial charge on any atom is -0.493 e. The molecule has 8 heteroatoms. The number of carboxylic acid groups (broad SMARTS) is 1. The molecule has 8 nitrogen and oxygen atoms in total. The van der Waals surface area contributed by atoms with Crippen LogP contribution in [0.25, 0.3) is 0 Å². The van der Waals surface area contributed by atoms with E-state index in [1.165, 1.54) is 26.2 Å². The number of benzene rings is 1. The predicted molar refractivity (Wildman–Crippen MR) is 90.4 cm³/mol. The fraction of sp³-hybridized carbons (Fsp3) is 0.529. The van der Waals surface area contributed by atoms with Gasteiger partial charge in [0.05, 0.1) is 33.3 Å². The van der Waals surface area contributed by atoms with Gasteiger partial charge in [0.15, 0.2) is 11.5 Å². The zero-order chi connectivity index (χ0) is 18.6. The molecule has 2 unspecified atom stereocenters. The van der Waals surface area contributed by atoms with E-state index in [-0.39, 0.29) is 18.6 Å². The summed E-state index contributed by atoms with van der Waals surface area (Å²) >= 11 is 0. The third-order valence-electron chi connectivity index (χ3n) is 4.35. The number of carboxylic acids is 1. The molecular formula is C17H24N2O6. The van der Waals surface area contributed by atoms with Gasteiger partial charge in [-0.1, -0.05) is 0 Å². The van der Waals surface area contributed by atoms with Gasteiger partial charge in [0, 0.05) is 13.1 Å². The number of hydrogen-bond donors (Lipinski definition) is 2. The molecule has 25 heavy (non-hydrogen) atoms. The molecule has 138 valence electrons. The van der Waals surface area contributed by atoms with E-state index in [4.69, 9.17) is 19.3 Å². The highest BCUT2D eigenvalue weighted by molar-refractivity contribution is 5.77. The number of likely N-dealkylation sites (tertiary alicyclic amines) is 1. The van der Waals surface area contributed by atoms with Gasteiger partial charge in [0.2, 0.25) is 5.75 Å². The van der Waals surface area contributed by atoms with Crippen molar-refractivity contribution in [2.75, 3.05) is 34.4 Å². The van der Waals surface area contributed by atoms with Gasteiger partial charge in [0.1, 0.15) is 0 Å². The fourth-order valence-corrected chi connectivity index (χ4v) is 2.86. The highest BCUT2D eigenvalue weighted by Crippen LogP contribution is 2.39. The molecular weight excluding hydrogens is 328 g/mol. The molecule has 2 N–H and O–H groups in total. The van der Waals surface area contributed by atoms with Gasteiger partial charge in [-0.15, -0.1) is 0 Å². The Morgan fingerprint density at radius 3 is 2.24 bits per heavy atom. The van der Waals surface area contributed by atoms with Gasteiger partial charge in [-0.2, -0.15) is 0 Å². The second kappa shape index (κ2) is 7.96. The van der Waals surface area contributed by atoms with Crippen LogP contribution in [0.3, 0.4) is 0 Å². The van der Waals surface area contributed by atoms with E-state index in [9.17, 15) is 9.59 Å². The Balaban J connectivity index is 2.11. The lowest BCUT2D eigenvalue weighted by molar-refractivity contribution is -0.141. The summed E-state index contributed by atoms with van der Waals surface area (Å²) < 4.78 is 15.9. The first-order valence-corrected chi connectivity index (χ1v) is 7.99. The molecule has 1 saturated heterocycles. The number of carbonyl (C=O) groups is 2. The molecule has 0 spiro atoms. The van der Waals surface area contributed by atoms with E-state index in [2.05, 4.69) is 5.32 Å². The van der Waals surface area contributed by atoms with Crippen molar-refractivity contribution in [2.24, 2.45) is 5.92 Å². The van der Waals surface area contributed by atoms with E-state index < -0.39 is 11.9 Å². The molecule has 0 bridgehead atoms. The Kier molecular flexibility index (Phi) is 5.95. The molecule has 2 atom stereocenters. The quantitative estimate of drug-likeness (QED) is 0.811. The molecule has 2 rings (SSSR count). The molecule has 0 aliphatic carbocycles. The summed E-state index contributed by atoms with van der Waals surface area (Å²) in [5, 5.41) is 11.9. The Bertz CT molecular complexity index is 623. The zero-order valence-corrected chi connectivity index (χ0v) is 14.9. The number of amides is 2. The summed E-state index contributed by atoms with van der Waals surface area (Å²) in [7, 11) is 4.58. The standard InChI is InChI=1S/C17H24N2O6/c1-10(18-17(22)19-6-5-11(9-19)16(20)21)12-7-13(23-2)15(25-4)14(8-12)24-3/h7-8,10-11H,5-6,9H2,1-4H3,(H,18,22)(H,20,21). The number of methoxy groups -OCH3 is 3. The van der Waals surface area contributed by atoms with Crippen molar-refractivity contribution in [1.82, 2.24) is 10.2 Å². The van der Waals surface area contributed by atoms with Crippen molar-refractivity contribution in [3.05, 3.63) is 17.7 Å². The number of ether oxygens (including phenoxy) is 3. The first kappa shape index (κ1) is 18.7.